The van der Waals surface area contributed by atoms with Crippen LogP contribution in [0.5, 0.6) is 0 Å². The van der Waals surface area contributed by atoms with Gasteiger partial charge in [-0.05, 0) is 53.4 Å². The van der Waals surface area contributed by atoms with Gasteiger partial charge in [0.25, 0.3) is 0 Å². The lowest BCUT2D eigenvalue weighted by Crippen LogP contribution is -2.32. The van der Waals surface area contributed by atoms with E-state index in [1.807, 2.05) is 18.3 Å². The van der Waals surface area contributed by atoms with Gasteiger partial charge in [0, 0.05) is 10.7 Å². The van der Waals surface area contributed by atoms with Gasteiger partial charge < -0.3 is 5.32 Å². The van der Waals surface area contributed by atoms with Gasteiger partial charge in [-0.25, -0.2) is 0 Å². The fraction of sp³-hybridized carbons (Fsp3) is 0.538. The standard InChI is InChI=1S/C13H17BrN4/c1-2-9-5-6-15-11(7-9)13-17-16-12-4-3-10(14)8-18(12)13/h3-4,8-9,11,15H,2,5-7H2,1H3. The third-order valence-corrected chi connectivity index (χ3v) is 4.26. The zero-order valence-corrected chi connectivity index (χ0v) is 12.0. The van der Waals surface area contributed by atoms with Gasteiger partial charge in [0.2, 0.25) is 0 Å². The van der Waals surface area contributed by atoms with Crippen molar-refractivity contribution in [2.45, 2.75) is 32.2 Å². The summed E-state index contributed by atoms with van der Waals surface area (Å²) in [6.07, 6.45) is 5.72. The van der Waals surface area contributed by atoms with Gasteiger partial charge in [0.15, 0.2) is 11.5 Å². The van der Waals surface area contributed by atoms with Crippen LogP contribution in [0.25, 0.3) is 5.65 Å². The monoisotopic (exact) mass is 308 g/mol. The first-order chi connectivity index (χ1) is 8.78. The van der Waals surface area contributed by atoms with Crippen molar-refractivity contribution in [2.75, 3.05) is 6.54 Å². The Morgan fingerprint density at radius 2 is 2.33 bits per heavy atom. The minimum absolute atomic E-state index is 0.327. The van der Waals surface area contributed by atoms with E-state index >= 15 is 0 Å². The minimum Gasteiger partial charge on any atom is -0.307 e. The second kappa shape index (κ2) is 4.97. The summed E-state index contributed by atoms with van der Waals surface area (Å²) in [6.45, 7) is 3.34. The summed E-state index contributed by atoms with van der Waals surface area (Å²) in [4.78, 5) is 0. The van der Waals surface area contributed by atoms with Gasteiger partial charge in [-0.2, -0.15) is 0 Å². The predicted octanol–water partition coefficient (Wildman–Crippen LogP) is 2.94. The molecule has 0 saturated carbocycles. The van der Waals surface area contributed by atoms with Crippen LogP contribution in [0.4, 0.5) is 0 Å². The van der Waals surface area contributed by atoms with Crippen molar-refractivity contribution in [2.24, 2.45) is 5.92 Å². The van der Waals surface area contributed by atoms with Crippen molar-refractivity contribution in [3.63, 3.8) is 0 Å². The van der Waals surface area contributed by atoms with E-state index < -0.39 is 0 Å². The van der Waals surface area contributed by atoms with Gasteiger partial charge in [-0.15, -0.1) is 10.2 Å². The van der Waals surface area contributed by atoms with Gasteiger partial charge in [-0.1, -0.05) is 13.3 Å². The third-order valence-electron chi connectivity index (χ3n) is 3.79. The molecule has 0 radical (unpaired) electrons. The fourth-order valence-electron chi connectivity index (χ4n) is 2.68. The molecule has 4 nitrogen and oxygen atoms in total. The maximum atomic E-state index is 4.36. The molecule has 18 heavy (non-hydrogen) atoms. The number of rotatable bonds is 2. The number of nitrogens with one attached hydrogen (secondary N) is 1. The van der Waals surface area contributed by atoms with E-state index in [1.54, 1.807) is 0 Å². The molecule has 1 aliphatic heterocycles. The van der Waals surface area contributed by atoms with E-state index in [2.05, 4.69) is 42.8 Å². The SMILES string of the molecule is CCC1CCNC(c2nnc3ccc(Br)cn23)C1. The first-order valence-corrected chi connectivity index (χ1v) is 7.30. The topological polar surface area (TPSA) is 42.2 Å². The van der Waals surface area contributed by atoms with Crippen LogP contribution in [0.2, 0.25) is 0 Å². The molecule has 0 spiro atoms. The number of nitrogens with zero attached hydrogens (tertiary/aromatic N) is 3. The smallest absolute Gasteiger partial charge is 0.160 e. The molecule has 2 aromatic heterocycles. The summed E-state index contributed by atoms with van der Waals surface area (Å²) in [5.41, 5.74) is 0.911. The van der Waals surface area contributed by atoms with Crippen LogP contribution >= 0.6 is 15.9 Å². The molecule has 2 unspecified atom stereocenters. The highest BCUT2D eigenvalue weighted by atomic mass is 79.9. The first-order valence-electron chi connectivity index (χ1n) is 6.51. The molecular weight excluding hydrogens is 292 g/mol. The molecular formula is C13H17BrN4. The van der Waals surface area contributed by atoms with Crippen LogP contribution in [-0.4, -0.2) is 21.1 Å². The Morgan fingerprint density at radius 1 is 1.44 bits per heavy atom. The van der Waals surface area contributed by atoms with Crippen molar-refractivity contribution < 1.29 is 0 Å². The molecule has 5 heteroatoms. The number of hydrogen-bond acceptors (Lipinski definition) is 3. The minimum atomic E-state index is 0.327. The lowest BCUT2D eigenvalue weighted by molar-refractivity contribution is 0.290. The number of aromatic nitrogens is 3. The molecule has 1 N–H and O–H groups in total. The number of piperidine rings is 1. The molecule has 0 aromatic carbocycles. The zero-order valence-electron chi connectivity index (χ0n) is 10.4. The van der Waals surface area contributed by atoms with E-state index in [0.717, 1.165) is 34.8 Å². The zero-order chi connectivity index (χ0) is 12.5. The van der Waals surface area contributed by atoms with E-state index in [1.165, 1.54) is 12.8 Å². The molecule has 3 rings (SSSR count). The Hall–Kier alpha value is -0.940. The molecule has 0 amide bonds. The Bertz CT molecular complexity index is 551. The van der Waals surface area contributed by atoms with Crippen molar-refractivity contribution in [3.05, 3.63) is 28.6 Å². The van der Waals surface area contributed by atoms with Crippen LogP contribution in [0.3, 0.4) is 0 Å². The Balaban J connectivity index is 1.96. The summed E-state index contributed by atoms with van der Waals surface area (Å²) in [6, 6.07) is 4.31. The lowest BCUT2D eigenvalue weighted by Gasteiger charge is -2.28. The maximum Gasteiger partial charge on any atom is 0.160 e. The molecule has 2 atom stereocenters. The van der Waals surface area contributed by atoms with Crippen molar-refractivity contribution >= 4 is 21.6 Å². The number of pyridine rings is 1. The van der Waals surface area contributed by atoms with Crippen LogP contribution in [0.15, 0.2) is 22.8 Å². The number of hydrogen-bond donors (Lipinski definition) is 1. The van der Waals surface area contributed by atoms with Gasteiger partial charge in [-0.3, -0.25) is 4.40 Å². The summed E-state index contributed by atoms with van der Waals surface area (Å²) < 4.78 is 3.14. The maximum absolute atomic E-state index is 4.36. The fourth-order valence-corrected chi connectivity index (χ4v) is 3.02. The molecule has 1 aliphatic rings. The van der Waals surface area contributed by atoms with E-state index in [9.17, 15) is 0 Å². The molecule has 0 bridgehead atoms. The highest BCUT2D eigenvalue weighted by Crippen LogP contribution is 2.28. The molecule has 1 fully saturated rings. The molecule has 3 heterocycles. The normalized spacial score (nSPS) is 24.6. The number of fused-ring (bicyclic) bond motifs is 1. The average molecular weight is 309 g/mol. The van der Waals surface area contributed by atoms with E-state index in [4.69, 9.17) is 0 Å². The Labute approximate surface area is 115 Å². The van der Waals surface area contributed by atoms with Gasteiger partial charge >= 0.3 is 0 Å². The van der Waals surface area contributed by atoms with Crippen molar-refractivity contribution in [3.8, 4) is 0 Å². The van der Waals surface area contributed by atoms with Crippen molar-refractivity contribution in [1.82, 2.24) is 19.9 Å². The molecule has 1 saturated heterocycles. The van der Waals surface area contributed by atoms with Gasteiger partial charge in [0.1, 0.15) is 0 Å². The van der Waals surface area contributed by atoms with Crippen LogP contribution in [0, 0.1) is 5.92 Å². The second-order valence-electron chi connectivity index (χ2n) is 4.94. The summed E-state index contributed by atoms with van der Waals surface area (Å²) in [7, 11) is 0. The Morgan fingerprint density at radius 3 is 3.17 bits per heavy atom. The highest BCUT2D eigenvalue weighted by Gasteiger charge is 2.25. The molecule has 96 valence electrons. The number of halogens is 1. The quantitative estimate of drug-likeness (QED) is 0.927. The van der Waals surface area contributed by atoms with Crippen LogP contribution in [0.1, 0.15) is 38.1 Å². The average Bonchev–Trinajstić information content (AvgIpc) is 2.81. The van der Waals surface area contributed by atoms with E-state index in [0.29, 0.717) is 6.04 Å². The summed E-state index contributed by atoms with van der Waals surface area (Å²) >= 11 is 3.50. The second-order valence-corrected chi connectivity index (χ2v) is 5.85. The van der Waals surface area contributed by atoms with Gasteiger partial charge in [0.05, 0.1) is 6.04 Å². The molecule has 2 aromatic rings. The Kier molecular flexibility index (Phi) is 3.35. The third kappa shape index (κ3) is 2.17. The van der Waals surface area contributed by atoms with Crippen LogP contribution < -0.4 is 5.32 Å². The first kappa shape index (κ1) is 12.1. The van der Waals surface area contributed by atoms with Crippen LogP contribution in [-0.2, 0) is 0 Å². The van der Waals surface area contributed by atoms with E-state index in [-0.39, 0.29) is 0 Å². The largest absolute Gasteiger partial charge is 0.307 e. The van der Waals surface area contributed by atoms with Crippen molar-refractivity contribution in [1.29, 1.82) is 0 Å². The predicted molar refractivity (Wildman–Crippen MR) is 74.4 cm³/mol. The molecule has 0 aliphatic carbocycles. The summed E-state index contributed by atoms with van der Waals surface area (Å²) in [5.74, 6) is 1.83. The summed E-state index contributed by atoms with van der Waals surface area (Å²) in [5, 5.41) is 12.2. The lowest BCUT2D eigenvalue weighted by atomic mass is 9.90. The highest BCUT2D eigenvalue weighted by molar-refractivity contribution is 9.10.